The molecule has 2 aromatic rings. The van der Waals surface area contributed by atoms with Crippen LogP contribution in [-0.2, 0) is 13.1 Å². The van der Waals surface area contributed by atoms with Crippen LogP contribution < -0.4 is 10.9 Å². The summed E-state index contributed by atoms with van der Waals surface area (Å²) in [6.45, 7) is 2.15. The number of thiophene rings is 1. The predicted molar refractivity (Wildman–Crippen MR) is 79.9 cm³/mol. The molecule has 4 nitrogen and oxygen atoms in total. The number of hydrogen-bond acceptors (Lipinski definition) is 4. The Labute approximate surface area is 125 Å². The van der Waals surface area contributed by atoms with Crippen LogP contribution in [-0.4, -0.2) is 16.1 Å². The fourth-order valence-electron chi connectivity index (χ4n) is 1.44. The average molecular weight is 393 g/mol. The molecular formula is C11H11Br2N3OS. The molecule has 96 valence electrons. The zero-order valence-electron chi connectivity index (χ0n) is 9.40. The Kier molecular flexibility index (Phi) is 5.11. The van der Waals surface area contributed by atoms with Crippen molar-refractivity contribution in [3.05, 3.63) is 48.1 Å². The van der Waals surface area contributed by atoms with E-state index in [2.05, 4.69) is 53.6 Å². The van der Waals surface area contributed by atoms with Gasteiger partial charge in [0.1, 0.15) is 4.47 Å². The molecule has 18 heavy (non-hydrogen) atoms. The van der Waals surface area contributed by atoms with Crippen molar-refractivity contribution >= 4 is 43.2 Å². The minimum Gasteiger partial charge on any atom is -0.310 e. The molecule has 7 heteroatoms. The van der Waals surface area contributed by atoms with E-state index >= 15 is 0 Å². The second-order valence-electron chi connectivity index (χ2n) is 3.65. The van der Waals surface area contributed by atoms with Crippen molar-refractivity contribution in [1.82, 2.24) is 14.9 Å². The highest BCUT2D eigenvalue weighted by atomic mass is 79.9. The third kappa shape index (κ3) is 3.74. The summed E-state index contributed by atoms with van der Waals surface area (Å²) in [4.78, 5) is 16.9. The summed E-state index contributed by atoms with van der Waals surface area (Å²) in [5.74, 6) is 0. The molecule has 0 spiro atoms. The van der Waals surface area contributed by atoms with Gasteiger partial charge in [-0.15, -0.1) is 11.3 Å². The first kappa shape index (κ1) is 13.9. The summed E-state index contributed by atoms with van der Waals surface area (Å²) < 4.78 is 3.19. The van der Waals surface area contributed by atoms with Gasteiger partial charge in [0.25, 0.3) is 5.56 Å². The fourth-order valence-corrected chi connectivity index (χ4v) is 3.21. The highest BCUT2D eigenvalue weighted by Crippen LogP contribution is 2.19. The molecule has 0 amide bonds. The van der Waals surface area contributed by atoms with Gasteiger partial charge < -0.3 is 5.32 Å². The van der Waals surface area contributed by atoms with Gasteiger partial charge in [0, 0.05) is 40.6 Å². The number of nitrogens with zero attached hydrogens (tertiary/aromatic N) is 2. The van der Waals surface area contributed by atoms with E-state index in [0.717, 1.165) is 17.6 Å². The molecule has 0 bridgehead atoms. The summed E-state index contributed by atoms with van der Waals surface area (Å²) in [6.07, 6.45) is 3.06. The molecular weight excluding hydrogens is 382 g/mol. The predicted octanol–water partition coefficient (Wildman–Crippen LogP) is 2.62. The van der Waals surface area contributed by atoms with Crippen LogP contribution in [0.15, 0.2) is 37.7 Å². The minimum absolute atomic E-state index is 0.0503. The summed E-state index contributed by atoms with van der Waals surface area (Å²) in [7, 11) is 0. The van der Waals surface area contributed by atoms with Crippen molar-refractivity contribution in [2.75, 3.05) is 6.54 Å². The Hall–Kier alpha value is -0.500. The number of hydrogen-bond donors (Lipinski definition) is 1. The van der Waals surface area contributed by atoms with Crippen LogP contribution in [0.3, 0.4) is 0 Å². The van der Waals surface area contributed by atoms with E-state index < -0.39 is 0 Å². The molecule has 1 N–H and O–H groups in total. The van der Waals surface area contributed by atoms with Crippen LogP contribution in [0.1, 0.15) is 4.88 Å². The Morgan fingerprint density at radius 2 is 2.28 bits per heavy atom. The zero-order valence-corrected chi connectivity index (χ0v) is 13.4. The smallest absolute Gasteiger partial charge is 0.267 e. The standard InChI is InChI=1S/C11H11Br2N3OS/c12-8-3-9(18-6-8)4-14-1-2-16-7-15-5-10(13)11(16)17/h3,5-7,14H,1-2,4H2. The van der Waals surface area contributed by atoms with Gasteiger partial charge >= 0.3 is 0 Å². The number of aromatic nitrogens is 2. The van der Waals surface area contributed by atoms with Gasteiger partial charge in [0.2, 0.25) is 0 Å². The number of nitrogens with one attached hydrogen (secondary N) is 1. The largest absolute Gasteiger partial charge is 0.310 e. The summed E-state index contributed by atoms with van der Waals surface area (Å²) >= 11 is 8.30. The van der Waals surface area contributed by atoms with E-state index in [9.17, 15) is 4.79 Å². The molecule has 0 radical (unpaired) electrons. The lowest BCUT2D eigenvalue weighted by atomic mass is 10.4. The summed E-state index contributed by atoms with van der Waals surface area (Å²) in [5.41, 5.74) is -0.0503. The molecule has 2 heterocycles. The molecule has 0 unspecified atom stereocenters. The van der Waals surface area contributed by atoms with Crippen molar-refractivity contribution in [2.45, 2.75) is 13.1 Å². The van der Waals surface area contributed by atoms with Gasteiger partial charge in [0.15, 0.2) is 0 Å². The van der Waals surface area contributed by atoms with Gasteiger partial charge in [-0.05, 0) is 37.9 Å². The van der Waals surface area contributed by atoms with E-state index in [4.69, 9.17) is 0 Å². The van der Waals surface area contributed by atoms with Gasteiger partial charge in [-0.3, -0.25) is 9.36 Å². The van der Waals surface area contributed by atoms with Crippen molar-refractivity contribution in [2.24, 2.45) is 0 Å². The van der Waals surface area contributed by atoms with Gasteiger partial charge in [0.05, 0.1) is 6.33 Å². The Balaban J connectivity index is 1.82. The maximum atomic E-state index is 11.7. The third-order valence-electron chi connectivity index (χ3n) is 2.31. The van der Waals surface area contributed by atoms with Crippen molar-refractivity contribution < 1.29 is 0 Å². The zero-order chi connectivity index (χ0) is 13.0. The van der Waals surface area contributed by atoms with E-state index in [1.165, 1.54) is 11.1 Å². The monoisotopic (exact) mass is 391 g/mol. The molecule has 0 aliphatic rings. The maximum Gasteiger partial charge on any atom is 0.267 e. The molecule has 0 saturated heterocycles. The number of halogens is 2. The van der Waals surface area contributed by atoms with Crippen molar-refractivity contribution in [3.63, 3.8) is 0 Å². The molecule has 0 aliphatic heterocycles. The lowest BCUT2D eigenvalue weighted by Gasteiger charge is -2.06. The van der Waals surface area contributed by atoms with E-state index in [1.807, 2.05) is 0 Å². The minimum atomic E-state index is -0.0503. The first-order chi connectivity index (χ1) is 8.66. The topological polar surface area (TPSA) is 46.9 Å². The van der Waals surface area contributed by atoms with E-state index in [0.29, 0.717) is 11.0 Å². The highest BCUT2D eigenvalue weighted by Gasteiger charge is 2.01. The van der Waals surface area contributed by atoms with Crippen LogP contribution >= 0.6 is 43.2 Å². The Morgan fingerprint density at radius 1 is 1.44 bits per heavy atom. The molecule has 0 fully saturated rings. The summed E-state index contributed by atoms with van der Waals surface area (Å²) in [5, 5.41) is 5.35. The molecule has 0 aromatic carbocycles. The molecule has 2 rings (SSSR count). The van der Waals surface area contributed by atoms with Gasteiger partial charge in [-0.25, -0.2) is 4.98 Å². The van der Waals surface area contributed by atoms with Crippen LogP contribution in [0.5, 0.6) is 0 Å². The second kappa shape index (κ2) is 6.60. The Morgan fingerprint density at radius 3 is 3.00 bits per heavy atom. The first-order valence-corrected chi connectivity index (χ1v) is 7.77. The lowest BCUT2D eigenvalue weighted by Crippen LogP contribution is -2.27. The average Bonchev–Trinajstić information content (AvgIpc) is 2.76. The van der Waals surface area contributed by atoms with Gasteiger partial charge in [-0.1, -0.05) is 0 Å². The van der Waals surface area contributed by atoms with Crippen molar-refractivity contribution in [3.8, 4) is 0 Å². The second-order valence-corrected chi connectivity index (χ2v) is 6.41. The third-order valence-corrected chi connectivity index (χ3v) is 4.55. The van der Waals surface area contributed by atoms with E-state index in [-0.39, 0.29) is 5.56 Å². The van der Waals surface area contributed by atoms with Crippen LogP contribution in [0.4, 0.5) is 0 Å². The van der Waals surface area contributed by atoms with Gasteiger partial charge in [-0.2, -0.15) is 0 Å². The quantitative estimate of drug-likeness (QED) is 0.795. The lowest BCUT2D eigenvalue weighted by molar-refractivity contribution is 0.579. The highest BCUT2D eigenvalue weighted by molar-refractivity contribution is 9.10. The summed E-state index contributed by atoms with van der Waals surface area (Å²) in [6, 6.07) is 2.09. The molecule has 2 aromatic heterocycles. The maximum absolute atomic E-state index is 11.7. The SMILES string of the molecule is O=c1c(Br)cncn1CCNCc1cc(Br)cs1. The normalized spacial score (nSPS) is 10.8. The van der Waals surface area contributed by atoms with Crippen molar-refractivity contribution in [1.29, 1.82) is 0 Å². The molecule has 0 atom stereocenters. The van der Waals surface area contributed by atoms with Crippen LogP contribution in [0.2, 0.25) is 0 Å². The molecule has 0 aliphatic carbocycles. The van der Waals surface area contributed by atoms with Crippen LogP contribution in [0.25, 0.3) is 0 Å². The van der Waals surface area contributed by atoms with E-state index in [1.54, 1.807) is 22.2 Å². The van der Waals surface area contributed by atoms with Crippen LogP contribution in [0, 0.1) is 0 Å². The Bertz CT molecular complexity index is 582. The fraction of sp³-hybridized carbons (Fsp3) is 0.273. The number of rotatable bonds is 5. The molecule has 0 saturated carbocycles. The first-order valence-electron chi connectivity index (χ1n) is 5.30.